The Balaban J connectivity index is 1.74. The van der Waals surface area contributed by atoms with Gasteiger partial charge in [-0.15, -0.1) is 0 Å². The van der Waals surface area contributed by atoms with Crippen LogP contribution in [0.5, 0.6) is 0 Å². The molecule has 1 amide bonds. The lowest BCUT2D eigenvalue weighted by molar-refractivity contribution is -0.384. The van der Waals surface area contributed by atoms with Crippen LogP contribution in [0.4, 0.5) is 11.4 Å². The summed E-state index contributed by atoms with van der Waals surface area (Å²) >= 11 is 0. The van der Waals surface area contributed by atoms with E-state index in [-0.39, 0.29) is 11.6 Å². The summed E-state index contributed by atoms with van der Waals surface area (Å²) in [5, 5.41) is 22.3. The molecule has 1 aliphatic carbocycles. The van der Waals surface area contributed by atoms with Gasteiger partial charge in [-0.1, -0.05) is 24.3 Å². The Labute approximate surface area is 138 Å². The number of rotatable bonds is 5. The standard InChI is InChI=1S/C18H15N3O3/c19-12-9-13-1-5-15(6-2-13)20-17(22)18(10-11-18)14-3-7-16(8-4-14)21(23)24/h1-8H,9-11H2,(H,20,22). The number of nitriles is 1. The van der Waals surface area contributed by atoms with Gasteiger partial charge in [0.05, 0.1) is 22.8 Å². The van der Waals surface area contributed by atoms with Crippen molar-refractivity contribution in [2.75, 3.05) is 5.32 Å². The molecule has 120 valence electrons. The highest BCUT2D eigenvalue weighted by Crippen LogP contribution is 2.49. The fourth-order valence-corrected chi connectivity index (χ4v) is 2.72. The topological polar surface area (TPSA) is 96.0 Å². The Hall–Kier alpha value is -3.20. The number of nitrogens with zero attached hydrogens (tertiary/aromatic N) is 2. The first kappa shape index (κ1) is 15.7. The molecular formula is C18H15N3O3. The maximum Gasteiger partial charge on any atom is 0.269 e. The van der Waals surface area contributed by atoms with Gasteiger partial charge in [0.2, 0.25) is 5.91 Å². The van der Waals surface area contributed by atoms with E-state index in [1.165, 1.54) is 12.1 Å². The predicted molar refractivity (Wildman–Crippen MR) is 88.4 cm³/mol. The van der Waals surface area contributed by atoms with Gasteiger partial charge in [0.15, 0.2) is 0 Å². The molecule has 0 saturated heterocycles. The van der Waals surface area contributed by atoms with Crippen LogP contribution in [-0.2, 0) is 16.6 Å². The normalized spacial score (nSPS) is 14.5. The van der Waals surface area contributed by atoms with Crippen molar-refractivity contribution in [3.63, 3.8) is 0 Å². The molecule has 1 fully saturated rings. The van der Waals surface area contributed by atoms with Crippen molar-refractivity contribution in [2.24, 2.45) is 0 Å². The first-order chi connectivity index (χ1) is 11.5. The number of non-ortho nitro benzene ring substituents is 1. The molecule has 0 aliphatic heterocycles. The summed E-state index contributed by atoms with van der Waals surface area (Å²) in [5.74, 6) is -0.107. The van der Waals surface area contributed by atoms with Gasteiger partial charge in [-0.2, -0.15) is 5.26 Å². The van der Waals surface area contributed by atoms with E-state index in [4.69, 9.17) is 5.26 Å². The summed E-state index contributed by atoms with van der Waals surface area (Å²) in [4.78, 5) is 22.9. The summed E-state index contributed by atoms with van der Waals surface area (Å²) in [6.07, 6.45) is 1.78. The summed E-state index contributed by atoms with van der Waals surface area (Å²) in [5.41, 5.74) is 1.79. The Kier molecular flexibility index (Phi) is 4.00. The Morgan fingerprint density at radius 1 is 1.17 bits per heavy atom. The van der Waals surface area contributed by atoms with Gasteiger partial charge < -0.3 is 5.32 Å². The highest BCUT2D eigenvalue weighted by Gasteiger charge is 2.51. The highest BCUT2D eigenvalue weighted by molar-refractivity contribution is 6.01. The second-order valence-electron chi connectivity index (χ2n) is 5.87. The molecule has 6 nitrogen and oxygen atoms in total. The third-order valence-corrected chi connectivity index (χ3v) is 4.31. The smallest absolute Gasteiger partial charge is 0.269 e. The molecule has 0 atom stereocenters. The van der Waals surface area contributed by atoms with Crippen LogP contribution in [0.25, 0.3) is 0 Å². The van der Waals surface area contributed by atoms with Gasteiger partial charge in [0, 0.05) is 17.8 Å². The number of benzene rings is 2. The van der Waals surface area contributed by atoms with Gasteiger partial charge in [-0.05, 0) is 36.1 Å². The summed E-state index contributed by atoms with van der Waals surface area (Å²) in [6.45, 7) is 0. The first-order valence-corrected chi connectivity index (χ1v) is 7.57. The van der Waals surface area contributed by atoms with Gasteiger partial charge in [-0.3, -0.25) is 14.9 Å². The molecule has 0 aromatic heterocycles. The second kappa shape index (κ2) is 6.13. The summed E-state index contributed by atoms with van der Waals surface area (Å²) < 4.78 is 0. The molecule has 2 aromatic rings. The fourth-order valence-electron chi connectivity index (χ4n) is 2.72. The molecule has 1 saturated carbocycles. The molecule has 24 heavy (non-hydrogen) atoms. The quantitative estimate of drug-likeness (QED) is 0.675. The minimum Gasteiger partial charge on any atom is -0.325 e. The van der Waals surface area contributed by atoms with Crippen LogP contribution in [0.15, 0.2) is 48.5 Å². The lowest BCUT2D eigenvalue weighted by Crippen LogP contribution is -2.27. The third-order valence-electron chi connectivity index (χ3n) is 4.31. The van der Waals surface area contributed by atoms with Crippen LogP contribution >= 0.6 is 0 Å². The lowest BCUT2D eigenvalue weighted by Gasteiger charge is -2.16. The minimum atomic E-state index is -0.597. The van der Waals surface area contributed by atoms with Crippen LogP contribution in [-0.4, -0.2) is 10.8 Å². The molecule has 1 aliphatic rings. The molecule has 0 spiro atoms. The number of hydrogen-bond acceptors (Lipinski definition) is 4. The van der Waals surface area contributed by atoms with Crippen LogP contribution in [0.2, 0.25) is 0 Å². The highest BCUT2D eigenvalue weighted by atomic mass is 16.6. The van der Waals surface area contributed by atoms with Crippen molar-refractivity contribution < 1.29 is 9.72 Å². The van der Waals surface area contributed by atoms with E-state index in [2.05, 4.69) is 11.4 Å². The van der Waals surface area contributed by atoms with Gasteiger partial charge in [-0.25, -0.2) is 0 Å². The van der Waals surface area contributed by atoms with E-state index in [0.717, 1.165) is 24.0 Å². The van der Waals surface area contributed by atoms with Crippen LogP contribution in [0.3, 0.4) is 0 Å². The van der Waals surface area contributed by atoms with Crippen molar-refractivity contribution in [1.29, 1.82) is 5.26 Å². The number of nitro benzene ring substituents is 1. The first-order valence-electron chi connectivity index (χ1n) is 7.57. The van der Waals surface area contributed by atoms with Gasteiger partial charge in [0.25, 0.3) is 5.69 Å². The van der Waals surface area contributed by atoms with Crippen molar-refractivity contribution in [3.05, 3.63) is 69.8 Å². The zero-order valence-corrected chi connectivity index (χ0v) is 12.9. The zero-order chi connectivity index (χ0) is 17.2. The number of carbonyl (C=O) groups is 1. The number of carbonyl (C=O) groups excluding carboxylic acids is 1. The van der Waals surface area contributed by atoms with Crippen molar-refractivity contribution in [2.45, 2.75) is 24.7 Å². The van der Waals surface area contributed by atoms with E-state index in [1.807, 2.05) is 12.1 Å². The minimum absolute atomic E-state index is 0.0167. The van der Waals surface area contributed by atoms with Gasteiger partial charge >= 0.3 is 0 Å². The maximum absolute atomic E-state index is 12.6. The number of anilines is 1. The molecule has 0 radical (unpaired) electrons. The Morgan fingerprint density at radius 3 is 2.29 bits per heavy atom. The van der Waals surface area contributed by atoms with E-state index >= 15 is 0 Å². The summed E-state index contributed by atoms with van der Waals surface area (Å²) in [6, 6.07) is 15.4. The number of nitro groups is 1. The maximum atomic E-state index is 12.6. The van der Waals surface area contributed by atoms with Crippen LogP contribution in [0.1, 0.15) is 24.0 Å². The lowest BCUT2D eigenvalue weighted by atomic mass is 9.94. The molecule has 1 N–H and O–H groups in total. The van der Waals surface area contributed by atoms with Crippen molar-refractivity contribution in [1.82, 2.24) is 0 Å². The molecule has 0 unspecified atom stereocenters. The zero-order valence-electron chi connectivity index (χ0n) is 12.9. The molecule has 0 bridgehead atoms. The molecule has 6 heteroatoms. The van der Waals surface area contributed by atoms with Crippen LogP contribution in [0, 0.1) is 21.4 Å². The number of nitrogens with one attached hydrogen (secondary N) is 1. The fraction of sp³-hybridized carbons (Fsp3) is 0.222. The van der Waals surface area contributed by atoms with Crippen molar-refractivity contribution >= 4 is 17.3 Å². The van der Waals surface area contributed by atoms with Gasteiger partial charge in [0.1, 0.15) is 0 Å². The number of hydrogen-bond donors (Lipinski definition) is 1. The van der Waals surface area contributed by atoms with E-state index < -0.39 is 10.3 Å². The summed E-state index contributed by atoms with van der Waals surface area (Å²) in [7, 11) is 0. The molecule has 2 aromatic carbocycles. The molecule has 0 heterocycles. The number of amides is 1. The van der Waals surface area contributed by atoms with Crippen LogP contribution < -0.4 is 5.32 Å². The Bertz CT molecular complexity index is 816. The van der Waals surface area contributed by atoms with E-state index in [1.54, 1.807) is 24.3 Å². The second-order valence-corrected chi connectivity index (χ2v) is 5.87. The average Bonchev–Trinajstić information content (AvgIpc) is 3.39. The Morgan fingerprint density at radius 2 is 1.79 bits per heavy atom. The predicted octanol–water partition coefficient (Wildman–Crippen LogP) is 3.33. The monoisotopic (exact) mass is 321 g/mol. The third kappa shape index (κ3) is 2.97. The average molecular weight is 321 g/mol. The van der Waals surface area contributed by atoms with E-state index in [0.29, 0.717) is 12.1 Å². The molecule has 3 rings (SSSR count). The largest absolute Gasteiger partial charge is 0.325 e. The SMILES string of the molecule is N#CCc1ccc(NC(=O)C2(c3ccc([N+](=O)[O-])cc3)CC2)cc1. The van der Waals surface area contributed by atoms with Crippen molar-refractivity contribution in [3.8, 4) is 6.07 Å². The molecular weight excluding hydrogens is 306 g/mol. The van der Waals surface area contributed by atoms with E-state index in [9.17, 15) is 14.9 Å².